The van der Waals surface area contributed by atoms with Gasteiger partial charge in [-0.3, -0.25) is 0 Å². The van der Waals surface area contributed by atoms with E-state index in [0.717, 1.165) is 32.6 Å². The first-order chi connectivity index (χ1) is 15.2. The Bertz CT molecular complexity index is 717. The Labute approximate surface area is 238 Å². The summed E-state index contributed by atoms with van der Waals surface area (Å²) in [4.78, 5) is 0. The normalized spacial score (nSPS) is 10.7. The third-order valence-corrected chi connectivity index (χ3v) is 6.18. The molecule has 0 aliphatic carbocycles. The molecule has 0 unspecified atom stereocenters. The predicted octanol–water partition coefficient (Wildman–Crippen LogP) is 1.69. The number of para-hydroxylation sites is 2. The molecule has 2 aromatic carbocycles. The number of hydrogen-bond acceptors (Lipinski definition) is 3. The zero-order chi connectivity index (χ0) is 23.7. The fourth-order valence-electron chi connectivity index (χ4n) is 4.34. The van der Waals surface area contributed by atoms with Crippen LogP contribution in [-0.4, -0.2) is 26.2 Å². The fourth-order valence-corrected chi connectivity index (χ4v) is 4.34. The van der Waals surface area contributed by atoms with E-state index < -0.39 is 0 Å². The maximum absolute atomic E-state index is 3.75. The van der Waals surface area contributed by atoms with Crippen LogP contribution in [0.5, 0.6) is 0 Å². The standard InChI is InChI=1S/C29H47N3.2ClH.Co/c1-20(2)24-12-9-13-25(21(3)4)28(24)31-17-11-16-30-18-19-32-29-26(22(5)6)14-10-15-27(29)23(7)8;;;/h9-10,12-15,20-23,30-32H,11,16-19H2,1-8H3;2*1H;/q;;;+2/p-2. The summed E-state index contributed by atoms with van der Waals surface area (Å²) >= 11 is 0. The molecule has 201 valence electrons. The van der Waals surface area contributed by atoms with Crippen molar-refractivity contribution in [2.75, 3.05) is 36.8 Å². The molecule has 35 heavy (non-hydrogen) atoms. The molecule has 0 heterocycles. The van der Waals surface area contributed by atoms with Gasteiger partial charge in [-0.05, 0) is 58.9 Å². The fraction of sp³-hybridized carbons (Fsp3) is 0.586. The Balaban J connectivity index is 0. The molecule has 0 amide bonds. The van der Waals surface area contributed by atoms with E-state index in [-0.39, 0.29) is 41.6 Å². The van der Waals surface area contributed by atoms with E-state index in [4.69, 9.17) is 0 Å². The van der Waals surface area contributed by atoms with Gasteiger partial charge in [-0.15, -0.1) is 0 Å². The van der Waals surface area contributed by atoms with Crippen LogP contribution in [0.15, 0.2) is 36.4 Å². The van der Waals surface area contributed by atoms with Crippen molar-refractivity contribution in [3.63, 3.8) is 0 Å². The number of benzene rings is 2. The summed E-state index contributed by atoms with van der Waals surface area (Å²) in [6.45, 7) is 22.2. The summed E-state index contributed by atoms with van der Waals surface area (Å²) in [7, 11) is 0. The van der Waals surface area contributed by atoms with Crippen LogP contribution < -0.4 is 40.8 Å². The summed E-state index contributed by atoms with van der Waals surface area (Å²) in [5.74, 6) is 2.12. The van der Waals surface area contributed by atoms with Crippen LogP contribution in [0.2, 0.25) is 0 Å². The van der Waals surface area contributed by atoms with Gasteiger partial charge in [0.05, 0.1) is 0 Å². The molecule has 0 aromatic heterocycles. The van der Waals surface area contributed by atoms with Gasteiger partial charge < -0.3 is 40.8 Å². The van der Waals surface area contributed by atoms with Crippen LogP contribution in [0.25, 0.3) is 0 Å². The van der Waals surface area contributed by atoms with Crippen LogP contribution in [0.4, 0.5) is 11.4 Å². The Morgan fingerprint density at radius 3 is 1.20 bits per heavy atom. The summed E-state index contributed by atoms with van der Waals surface area (Å²) in [5.41, 5.74) is 8.39. The topological polar surface area (TPSA) is 36.1 Å². The molecule has 0 atom stereocenters. The minimum Gasteiger partial charge on any atom is -1.00 e. The molecule has 3 N–H and O–H groups in total. The zero-order valence-electron chi connectivity index (χ0n) is 22.9. The van der Waals surface area contributed by atoms with Crippen LogP contribution >= 0.6 is 0 Å². The monoisotopic (exact) mass is 566 g/mol. The Hall–Kier alpha value is -0.914. The van der Waals surface area contributed by atoms with E-state index in [1.807, 2.05) is 0 Å². The summed E-state index contributed by atoms with van der Waals surface area (Å²) in [5, 5.41) is 11.1. The number of halogens is 2. The summed E-state index contributed by atoms with van der Waals surface area (Å²) < 4.78 is 0. The second kappa shape index (κ2) is 18.3. The van der Waals surface area contributed by atoms with E-state index >= 15 is 0 Å². The van der Waals surface area contributed by atoms with Crippen molar-refractivity contribution in [2.24, 2.45) is 0 Å². The van der Waals surface area contributed by atoms with Crippen molar-refractivity contribution >= 4 is 11.4 Å². The van der Waals surface area contributed by atoms with Gasteiger partial charge in [0, 0.05) is 31.0 Å². The maximum atomic E-state index is 3.75. The zero-order valence-corrected chi connectivity index (χ0v) is 25.5. The molecule has 0 fully saturated rings. The van der Waals surface area contributed by atoms with Gasteiger partial charge in [0.25, 0.3) is 0 Å². The first-order valence-electron chi connectivity index (χ1n) is 12.7. The second-order valence-corrected chi connectivity index (χ2v) is 10.2. The Morgan fingerprint density at radius 1 is 0.514 bits per heavy atom. The third kappa shape index (κ3) is 10.9. The number of rotatable bonds is 13. The smallest absolute Gasteiger partial charge is 1.00 e. The molecule has 6 heteroatoms. The summed E-state index contributed by atoms with van der Waals surface area (Å²) in [6.07, 6.45) is 1.11. The molecule has 0 bridgehead atoms. The molecular formula is C29H47Cl2CoN3. The van der Waals surface area contributed by atoms with Gasteiger partial charge >= 0.3 is 16.8 Å². The molecule has 0 aliphatic rings. The van der Waals surface area contributed by atoms with Crippen molar-refractivity contribution in [2.45, 2.75) is 85.5 Å². The van der Waals surface area contributed by atoms with Crippen molar-refractivity contribution in [1.82, 2.24) is 5.32 Å². The molecule has 1 radical (unpaired) electrons. The van der Waals surface area contributed by atoms with Crippen molar-refractivity contribution in [1.29, 1.82) is 0 Å². The SMILES string of the molecule is CC(C)c1cccc(C(C)C)c1NCCCNCCNc1c(C(C)C)cccc1C(C)C.[Cl-].[Cl-].[Co+2]. The molecular weight excluding hydrogens is 520 g/mol. The van der Waals surface area contributed by atoms with Crippen molar-refractivity contribution in [3.05, 3.63) is 58.7 Å². The van der Waals surface area contributed by atoms with Crippen LogP contribution in [0.1, 0.15) is 108 Å². The summed E-state index contributed by atoms with van der Waals surface area (Å²) in [6, 6.07) is 13.5. The molecule has 2 rings (SSSR count). The molecule has 0 saturated carbocycles. The van der Waals surface area contributed by atoms with Crippen LogP contribution in [0.3, 0.4) is 0 Å². The first kappa shape index (κ1) is 36.2. The van der Waals surface area contributed by atoms with E-state index in [2.05, 4.69) is 108 Å². The average Bonchev–Trinajstić information content (AvgIpc) is 2.74. The second-order valence-electron chi connectivity index (χ2n) is 10.2. The van der Waals surface area contributed by atoms with E-state index in [1.54, 1.807) is 0 Å². The predicted molar refractivity (Wildman–Crippen MR) is 144 cm³/mol. The van der Waals surface area contributed by atoms with Gasteiger partial charge in [0.1, 0.15) is 0 Å². The quantitative estimate of drug-likeness (QED) is 0.323. The molecule has 0 saturated heterocycles. The van der Waals surface area contributed by atoms with E-state index in [1.165, 1.54) is 33.6 Å². The Morgan fingerprint density at radius 2 is 0.857 bits per heavy atom. The largest absolute Gasteiger partial charge is 2.00 e. The van der Waals surface area contributed by atoms with E-state index in [0.29, 0.717) is 23.7 Å². The number of hydrogen-bond donors (Lipinski definition) is 3. The average molecular weight is 568 g/mol. The van der Waals surface area contributed by atoms with Crippen molar-refractivity contribution in [3.8, 4) is 0 Å². The van der Waals surface area contributed by atoms with Gasteiger partial charge in [0.15, 0.2) is 0 Å². The number of nitrogens with one attached hydrogen (secondary N) is 3. The molecule has 2 aromatic rings. The molecule has 3 nitrogen and oxygen atoms in total. The maximum Gasteiger partial charge on any atom is 2.00 e. The van der Waals surface area contributed by atoms with Gasteiger partial charge in [-0.1, -0.05) is 91.8 Å². The first-order valence-corrected chi connectivity index (χ1v) is 12.7. The van der Waals surface area contributed by atoms with Crippen molar-refractivity contribution < 1.29 is 41.6 Å². The number of anilines is 2. The minimum atomic E-state index is 0. The van der Waals surface area contributed by atoms with Crippen LogP contribution in [0, 0.1) is 0 Å². The van der Waals surface area contributed by atoms with Gasteiger partial charge in [0.2, 0.25) is 0 Å². The van der Waals surface area contributed by atoms with E-state index in [9.17, 15) is 0 Å². The third-order valence-electron chi connectivity index (χ3n) is 6.18. The minimum absolute atomic E-state index is 0. The molecule has 0 spiro atoms. The Kier molecular flexibility index (Phi) is 19.0. The van der Waals surface area contributed by atoms with Gasteiger partial charge in [-0.25, -0.2) is 0 Å². The van der Waals surface area contributed by atoms with Crippen LogP contribution in [-0.2, 0) is 16.8 Å². The molecule has 0 aliphatic heterocycles. The van der Waals surface area contributed by atoms with Gasteiger partial charge in [-0.2, -0.15) is 0 Å².